The summed E-state index contributed by atoms with van der Waals surface area (Å²) in [5.41, 5.74) is 2.42. The zero-order chi connectivity index (χ0) is 12.2. The fourth-order valence-corrected chi connectivity index (χ4v) is 2.04. The molecule has 1 nitrogen and oxygen atoms in total. The van der Waals surface area contributed by atoms with Gasteiger partial charge in [0.2, 0.25) is 5.52 Å². The van der Waals surface area contributed by atoms with Crippen LogP contribution in [-0.4, -0.2) is 0 Å². The highest BCUT2D eigenvalue weighted by molar-refractivity contribution is 5.76. The fourth-order valence-electron chi connectivity index (χ4n) is 2.04. The normalized spacial score (nSPS) is 10.5. The Morgan fingerprint density at radius 2 is 1.42 bits per heavy atom. The summed E-state index contributed by atoms with van der Waals surface area (Å²) in [6, 6.07) is 22.9. The number of para-hydroxylation sites is 1. The number of fused-ring (bicyclic) bond motifs is 1. The number of nitrogens with zero attached hydrogens (tertiary/aromatic N) is 1. The summed E-state index contributed by atoms with van der Waals surface area (Å²) in [5.74, 6) is 0. The lowest BCUT2D eigenvalue weighted by Gasteiger charge is -1.95. The topological polar surface area (TPSA) is 3.88 Å². The molecule has 0 amide bonds. The van der Waals surface area contributed by atoms with Crippen LogP contribution in [0.25, 0.3) is 23.2 Å². The van der Waals surface area contributed by atoms with Crippen molar-refractivity contribution in [2.75, 3.05) is 0 Å². The van der Waals surface area contributed by atoms with Gasteiger partial charge in [0.15, 0.2) is 12.4 Å². The van der Waals surface area contributed by atoms with E-state index in [1.165, 1.54) is 16.5 Å². The molecule has 0 N–H and O–H groups in total. The zero-order valence-electron chi connectivity index (χ0n) is 10.4. The van der Waals surface area contributed by atoms with E-state index in [4.69, 9.17) is 0 Å². The highest BCUT2D eigenvalue weighted by Crippen LogP contribution is 2.08. The number of hydrogen-bond donors (Lipinski definition) is 0. The molecule has 0 aliphatic carbocycles. The van der Waals surface area contributed by atoms with Crippen molar-refractivity contribution >= 4 is 23.2 Å². The first-order chi connectivity index (χ1) is 8.93. The van der Waals surface area contributed by atoms with E-state index in [0.29, 0.717) is 0 Å². The predicted octanol–water partition coefficient (Wildman–Crippen LogP) is 0.759. The van der Waals surface area contributed by atoms with Gasteiger partial charge in [-0.1, -0.05) is 42.5 Å². The lowest BCUT2D eigenvalue weighted by Crippen LogP contribution is -3.00. The largest absolute Gasteiger partial charge is 1.00 e. The number of hydrogen-bond acceptors (Lipinski definition) is 0. The third-order valence-corrected chi connectivity index (χ3v) is 2.96. The van der Waals surface area contributed by atoms with Crippen molar-refractivity contribution < 1.29 is 17.0 Å². The molecule has 0 radical (unpaired) electrons. The molecule has 3 aromatic rings. The average Bonchev–Trinajstić information content (AvgIpc) is 2.46. The maximum Gasteiger partial charge on any atom is 0.217 e. The van der Waals surface area contributed by atoms with Crippen molar-refractivity contribution in [1.82, 2.24) is 0 Å². The third-order valence-electron chi connectivity index (χ3n) is 2.96. The van der Waals surface area contributed by atoms with Gasteiger partial charge in [-0.15, -0.1) is 0 Å². The molecule has 3 rings (SSSR count). The molecular weight excluding hydrogens is 254 g/mol. The highest BCUT2D eigenvalue weighted by Gasteiger charge is 2.03. The van der Waals surface area contributed by atoms with Gasteiger partial charge >= 0.3 is 0 Å². The van der Waals surface area contributed by atoms with E-state index in [-0.39, 0.29) is 12.4 Å². The molecule has 2 heteroatoms. The fraction of sp³-hybridized carbons (Fsp3) is 0. The molecule has 94 valence electrons. The molecule has 19 heavy (non-hydrogen) atoms. The number of halogens is 1. The minimum absolute atomic E-state index is 0. The van der Waals surface area contributed by atoms with Crippen molar-refractivity contribution in [3.63, 3.8) is 0 Å². The zero-order valence-corrected chi connectivity index (χ0v) is 11.2. The summed E-state index contributed by atoms with van der Waals surface area (Å²) in [5, 5.41) is 1.25. The summed E-state index contributed by atoms with van der Waals surface area (Å²) >= 11 is 0. The smallest absolute Gasteiger partial charge is 0.217 e. The van der Waals surface area contributed by atoms with Crippen LogP contribution in [-0.2, 0) is 0 Å². The predicted molar refractivity (Wildman–Crippen MR) is 75.8 cm³/mol. The first-order valence-electron chi connectivity index (χ1n) is 6.06. The van der Waals surface area contributed by atoms with Crippen LogP contribution in [0.4, 0.5) is 0 Å². The molecule has 1 aromatic heterocycles. The summed E-state index contributed by atoms with van der Waals surface area (Å²) in [6.45, 7) is 0. The van der Waals surface area contributed by atoms with Crippen LogP contribution in [0, 0.1) is 0 Å². The lowest BCUT2D eigenvalue weighted by atomic mass is 10.2. The Labute approximate surface area is 119 Å². The quantitative estimate of drug-likeness (QED) is 0.604. The minimum atomic E-state index is 0. The van der Waals surface area contributed by atoms with Crippen molar-refractivity contribution in [2.24, 2.45) is 0 Å². The lowest BCUT2D eigenvalue weighted by molar-refractivity contribution is -0.538. The molecule has 0 saturated heterocycles. The first kappa shape index (κ1) is 13.3. The molecule has 2 aromatic carbocycles. The van der Waals surface area contributed by atoms with Crippen LogP contribution < -0.4 is 17.0 Å². The molecule has 0 unspecified atom stereocenters. The number of pyridine rings is 1. The van der Waals surface area contributed by atoms with Gasteiger partial charge in [-0.3, -0.25) is 0 Å². The van der Waals surface area contributed by atoms with Gasteiger partial charge in [0.05, 0.1) is 0 Å². The Kier molecular flexibility index (Phi) is 4.32. The maximum absolute atomic E-state index is 2.14. The van der Waals surface area contributed by atoms with E-state index < -0.39 is 0 Å². The molecule has 0 aliphatic heterocycles. The summed E-state index contributed by atoms with van der Waals surface area (Å²) < 4.78 is 2.14. The average molecular weight is 268 g/mol. The van der Waals surface area contributed by atoms with Gasteiger partial charge in [0, 0.05) is 23.6 Å². The Bertz CT molecular complexity index is 684. The van der Waals surface area contributed by atoms with Gasteiger partial charge in [-0.05, 0) is 17.7 Å². The Morgan fingerprint density at radius 1 is 0.737 bits per heavy atom. The summed E-state index contributed by atoms with van der Waals surface area (Å²) in [7, 11) is 0. The van der Waals surface area contributed by atoms with Crippen molar-refractivity contribution in [1.29, 1.82) is 0 Å². The van der Waals surface area contributed by atoms with E-state index in [1.807, 2.05) is 18.2 Å². The SMILES string of the molecule is C(=C[n+]1cccc2ccccc21)c1ccccc1.[Cl-]. The second kappa shape index (κ2) is 6.17. The highest BCUT2D eigenvalue weighted by atomic mass is 35.5. The molecule has 0 atom stereocenters. The van der Waals surface area contributed by atoms with Crippen LogP contribution >= 0.6 is 0 Å². The second-order valence-corrected chi connectivity index (χ2v) is 4.20. The van der Waals surface area contributed by atoms with E-state index in [0.717, 1.165) is 0 Å². The Balaban J connectivity index is 0.00000133. The Hall–Kier alpha value is -2.12. The molecule has 0 aliphatic rings. The van der Waals surface area contributed by atoms with Gasteiger partial charge in [0.1, 0.15) is 0 Å². The molecule has 0 spiro atoms. The molecule has 0 fully saturated rings. The standard InChI is InChI=1S/C17H14N.ClH/c1-2-7-15(8-3-1)12-14-18-13-6-10-16-9-4-5-11-17(16)18;/h1-14H;1H/q+1;/p-1. The second-order valence-electron chi connectivity index (χ2n) is 4.20. The Morgan fingerprint density at radius 3 is 2.26 bits per heavy atom. The van der Waals surface area contributed by atoms with Crippen LogP contribution in [0.2, 0.25) is 0 Å². The van der Waals surface area contributed by atoms with Gasteiger partial charge in [-0.2, -0.15) is 4.57 Å². The first-order valence-corrected chi connectivity index (χ1v) is 6.06. The summed E-state index contributed by atoms with van der Waals surface area (Å²) in [4.78, 5) is 0. The molecule has 0 bridgehead atoms. The van der Waals surface area contributed by atoms with Crippen molar-refractivity contribution in [3.05, 3.63) is 78.5 Å². The third kappa shape index (κ3) is 3.01. The maximum atomic E-state index is 2.14. The van der Waals surface area contributed by atoms with Crippen LogP contribution in [0.15, 0.2) is 72.9 Å². The minimum Gasteiger partial charge on any atom is -1.00 e. The number of benzene rings is 2. The van der Waals surface area contributed by atoms with Crippen molar-refractivity contribution in [2.45, 2.75) is 0 Å². The molecule has 1 heterocycles. The van der Waals surface area contributed by atoms with Crippen molar-refractivity contribution in [3.8, 4) is 0 Å². The number of aromatic nitrogens is 1. The van der Waals surface area contributed by atoms with E-state index in [1.54, 1.807) is 0 Å². The van der Waals surface area contributed by atoms with Gasteiger partial charge in [0.25, 0.3) is 0 Å². The van der Waals surface area contributed by atoms with E-state index in [2.05, 4.69) is 71.6 Å². The molecular formula is C17H14ClN. The van der Waals surface area contributed by atoms with Crippen LogP contribution in [0.1, 0.15) is 5.56 Å². The summed E-state index contributed by atoms with van der Waals surface area (Å²) in [6.07, 6.45) is 6.28. The van der Waals surface area contributed by atoms with E-state index >= 15 is 0 Å². The molecule has 0 saturated carbocycles. The van der Waals surface area contributed by atoms with Crippen LogP contribution in [0.5, 0.6) is 0 Å². The van der Waals surface area contributed by atoms with E-state index in [9.17, 15) is 0 Å². The monoisotopic (exact) mass is 267 g/mol. The van der Waals surface area contributed by atoms with Crippen LogP contribution in [0.3, 0.4) is 0 Å². The van der Waals surface area contributed by atoms with Gasteiger partial charge < -0.3 is 12.4 Å². The van der Waals surface area contributed by atoms with Gasteiger partial charge in [-0.25, -0.2) is 0 Å². The number of rotatable bonds is 2.